The van der Waals surface area contributed by atoms with Gasteiger partial charge in [-0.05, 0) is 50.4 Å². The van der Waals surface area contributed by atoms with Gasteiger partial charge in [0.25, 0.3) is 0 Å². The van der Waals surface area contributed by atoms with E-state index in [0.717, 1.165) is 60.4 Å². The van der Waals surface area contributed by atoms with E-state index in [1.54, 1.807) is 17.5 Å². The first-order valence-electron chi connectivity index (χ1n) is 8.50. The van der Waals surface area contributed by atoms with Crippen molar-refractivity contribution < 1.29 is 4.42 Å². The second kappa shape index (κ2) is 6.93. The second-order valence-corrected chi connectivity index (χ2v) is 7.34. The lowest BCUT2D eigenvalue weighted by Crippen LogP contribution is -2.33. The fraction of sp³-hybridized carbons (Fsp3) is 0.389. The van der Waals surface area contributed by atoms with E-state index < -0.39 is 0 Å². The number of piperidine rings is 1. The van der Waals surface area contributed by atoms with Gasteiger partial charge in [-0.2, -0.15) is 0 Å². The number of oxazole rings is 1. The van der Waals surface area contributed by atoms with Crippen molar-refractivity contribution >= 4 is 17.3 Å². The van der Waals surface area contributed by atoms with Crippen LogP contribution >= 0.6 is 11.3 Å². The molecule has 0 aliphatic carbocycles. The van der Waals surface area contributed by atoms with E-state index in [9.17, 15) is 0 Å². The molecule has 7 heteroatoms. The highest BCUT2D eigenvalue weighted by molar-refractivity contribution is 7.13. The Morgan fingerprint density at radius 1 is 1.28 bits per heavy atom. The summed E-state index contributed by atoms with van der Waals surface area (Å²) in [4.78, 5) is 16.6. The molecule has 130 valence electrons. The molecule has 0 unspecified atom stereocenters. The average Bonchev–Trinajstić information content (AvgIpc) is 3.26. The predicted molar refractivity (Wildman–Crippen MR) is 98.2 cm³/mol. The quantitative estimate of drug-likeness (QED) is 0.772. The Balaban J connectivity index is 1.39. The minimum atomic E-state index is 0.360. The van der Waals surface area contributed by atoms with Crippen LogP contribution in [-0.2, 0) is 6.54 Å². The summed E-state index contributed by atoms with van der Waals surface area (Å²) in [6.07, 6.45) is 3.89. The third-order valence-corrected chi connectivity index (χ3v) is 5.56. The van der Waals surface area contributed by atoms with Crippen molar-refractivity contribution in [2.45, 2.75) is 32.2 Å². The molecule has 4 heterocycles. The van der Waals surface area contributed by atoms with Crippen LogP contribution in [0.4, 0.5) is 5.95 Å². The van der Waals surface area contributed by atoms with E-state index >= 15 is 0 Å². The Labute approximate surface area is 150 Å². The standard InChI is InChI=1S/C18H21N5OS/c1-12-15(21-17(24-12)16-3-2-10-25-16)11-23-8-5-13(6-9-23)14-4-7-20-18(19)22-14/h2-4,7,10,13H,5-6,8-9,11H2,1H3,(H2,19,20,22). The van der Waals surface area contributed by atoms with Crippen LogP contribution in [0, 0.1) is 6.92 Å². The molecule has 1 saturated heterocycles. The molecular formula is C18H21N5OS. The number of nitrogens with zero attached hydrogens (tertiary/aromatic N) is 4. The SMILES string of the molecule is Cc1oc(-c2cccs2)nc1CN1CCC(c2ccnc(N)n2)CC1. The van der Waals surface area contributed by atoms with Gasteiger partial charge in [0, 0.05) is 24.4 Å². The molecule has 2 N–H and O–H groups in total. The first-order chi connectivity index (χ1) is 12.2. The number of hydrogen-bond acceptors (Lipinski definition) is 7. The van der Waals surface area contributed by atoms with Gasteiger partial charge in [-0.3, -0.25) is 4.90 Å². The second-order valence-electron chi connectivity index (χ2n) is 6.39. The van der Waals surface area contributed by atoms with Gasteiger partial charge >= 0.3 is 0 Å². The highest BCUT2D eigenvalue weighted by atomic mass is 32.1. The van der Waals surface area contributed by atoms with Crippen molar-refractivity contribution in [2.24, 2.45) is 0 Å². The molecule has 3 aromatic rings. The van der Waals surface area contributed by atoms with Crippen molar-refractivity contribution in [2.75, 3.05) is 18.8 Å². The lowest BCUT2D eigenvalue weighted by molar-refractivity contribution is 0.200. The monoisotopic (exact) mass is 355 g/mol. The van der Waals surface area contributed by atoms with Crippen LogP contribution in [-0.4, -0.2) is 32.9 Å². The fourth-order valence-corrected chi connectivity index (χ4v) is 3.94. The summed E-state index contributed by atoms with van der Waals surface area (Å²) in [5, 5.41) is 2.04. The molecule has 0 amide bonds. The number of hydrogen-bond donors (Lipinski definition) is 1. The first-order valence-corrected chi connectivity index (χ1v) is 9.38. The molecule has 3 aromatic heterocycles. The Kier molecular flexibility index (Phi) is 4.50. The number of aromatic nitrogens is 3. The first kappa shape index (κ1) is 16.2. The Bertz CT molecular complexity index is 837. The number of rotatable bonds is 4. The lowest BCUT2D eigenvalue weighted by Gasteiger charge is -2.31. The summed E-state index contributed by atoms with van der Waals surface area (Å²) in [6.45, 7) is 4.87. The number of nitrogens with two attached hydrogens (primary N) is 1. The Morgan fingerprint density at radius 2 is 2.12 bits per heavy atom. The number of anilines is 1. The fourth-order valence-electron chi connectivity index (χ4n) is 3.29. The van der Waals surface area contributed by atoms with Gasteiger partial charge in [0.15, 0.2) is 0 Å². The van der Waals surface area contributed by atoms with Gasteiger partial charge in [0.1, 0.15) is 5.76 Å². The van der Waals surface area contributed by atoms with Gasteiger partial charge in [-0.1, -0.05) is 6.07 Å². The smallest absolute Gasteiger partial charge is 0.236 e. The van der Waals surface area contributed by atoms with Gasteiger partial charge in [-0.15, -0.1) is 11.3 Å². The molecule has 6 nitrogen and oxygen atoms in total. The maximum Gasteiger partial charge on any atom is 0.236 e. The zero-order valence-corrected chi connectivity index (χ0v) is 15.0. The maximum absolute atomic E-state index is 5.85. The summed E-state index contributed by atoms with van der Waals surface area (Å²) in [5.74, 6) is 2.46. The topological polar surface area (TPSA) is 81.1 Å². The van der Waals surface area contributed by atoms with Crippen molar-refractivity contribution in [1.29, 1.82) is 0 Å². The normalized spacial score (nSPS) is 16.4. The van der Waals surface area contributed by atoms with E-state index in [0.29, 0.717) is 11.9 Å². The van der Waals surface area contributed by atoms with Crippen molar-refractivity contribution in [3.63, 3.8) is 0 Å². The molecule has 0 saturated carbocycles. The predicted octanol–water partition coefficient (Wildman–Crippen LogP) is 3.46. The van der Waals surface area contributed by atoms with Crippen LogP contribution in [0.25, 0.3) is 10.8 Å². The third kappa shape index (κ3) is 3.57. The molecule has 25 heavy (non-hydrogen) atoms. The van der Waals surface area contributed by atoms with Crippen LogP contribution in [0.3, 0.4) is 0 Å². The average molecular weight is 355 g/mol. The highest BCUT2D eigenvalue weighted by Gasteiger charge is 2.23. The number of aryl methyl sites for hydroxylation is 1. The van der Waals surface area contributed by atoms with Crippen LogP contribution in [0.15, 0.2) is 34.2 Å². The lowest BCUT2D eigenvalue weighted by atomic mass is 9.93. The van der Waals surface area contributed by atoms with Crippen LogP contribution in [0.5, 0.6) is 0 Å². The van der Waals surface area contributed by atoms with Crippen molar-refractivity contribution in [3.05, 3.63) is 46.9 Å². The van der Waals surface area contributed by atoms with Gasteiger partial charge in [0.05, 0.1) is 10.6 Å². The van der Waals surface area contributed by atoms with E-state index in [1.807, 2.05) is 30.5 Å². The molecule has 0 spiro atoms. The van der Waals surface area contributed by atoms with Gasteiger partial charge < -0.3 is 10.2 Å². The summed E-state index contributed by atoms with van der Waals surface area (Å²) >= 11 is 1.65. The molecule has 0 bridgehead atoms. The molecule has 0 radical (unpaired) electrons. The van der Waals surface area contributed by atoms with Crippen LogP contribution in [0.2, 0.25) is 0 Å². The van der Waals surface area contributed by atoms with E-state index in [-0.39, 0.29) is 0 Å². The van der Waals surface area contributed by atoms with E-state index in [2.05, 4.69) is 14.9 Å². The minimum Gasteiger partial charge on any atom is -0.440 e. The maximum atomic E-state index is 5.85. The number of likely N-dealkylation sites (tertiary alicyclic amines) is 1. The van der Waals surface area contributed by atoms with Crippen LogP contribution < -0.4 is 5.73 Å². The molecule has 4 rings (SSSR count). The van der Waals surface area contributed by atoms with Gasteiger partial charge in [0.2, 0.25) is 11.8 Å². The summed E-state index contributed by atoms with van der Waals surface area (Å²) < 4.78 is 5.85. The molecule has 0 aromatic carbocycles. The summed E-state index contributed by atoms with van der Waals surface area (Å²) in [6, 6.07) is 6.04. The number of nitrogen functional groups attached to an aromatic ring is 1. The molecule has 0 atom stereocenters. The zero-order chi connectivity index (χ0) is 17.2. The summed E-state index contributed by atoms with van der Waals surface area (Å²) in [5.41, 5.74) is 7.80. The van der Waals surface area contributed by atoms with Crippen molar-refractivity contribution in [1.82, 2.24) is 19.9 Å². The summed E-state index contributed by atoms with van der Waals surface area (Å²) in [7, 11) is 0. The van der Waals surface area contributed by atoms with Crippen molar-refractivity contribution in [3.8, 4) is 10.8 Å². The molecule has 1 fully saturated rings. The largest absolute Gasteiger partial charge is 0.440 e. The zero-order valence-electron chi connectivity index (χ0n) is 14.2. The number of thiophene rings is 1. The molecule has 1 aliphatic rings. The van der Waals surface area contributed by atoms with Crippen LogP contribution in [0.1, 0.15) is 35.9 Å². The minimum absolute atomic E-state index is 0.360. The Morgan fingerprint density at radius 3 is 2.84 bits per heavy atom. The highest BCUT2D eigenvalue weighted by Crippen LogP contribution is 2.29. The van der Waals surface area contributed by atoms with Gasteiger partial charge in [-0.25, -0.2) is 15.0 Å². The molecule has 1 aliphatic heterocycles. The molecular weight excluding hydrogens is 334 g/mol. The Hall–Kier alpha value is -2.25. The van der Waals surface area contributed by atoms with E-state index in [4.69, 9.17) is 15.1 Å². The van der Waals surface area contributed by atoms with E-state index in [1.165, 1.54) is 0 Å². The third-order valence-electron chi connectivity index (χ3n) is 4.70.